The van der Waals surface area contributed by atoms with Crippen molar-refractivity contribution in [3.8, 4) is 0 Å². The summed E-state index contributed by atoms with van der Waals surface area (Å²) in [6, 6.07) is 0.847. The fraction of sp³-hybridized carbons (Fsp3) is 1.00. The zero-order valence-corrected chi connectivity index (χ0v) is 11.9. The van der Waals surface area contributed by atoms with Crippen LogP contribution in [0.5, 0.6) is 0 Å². The van der Waals surface area contributed by atoms with Gasteiger partial charge in [-0.15, -0.1) is 0 Å². The van der Waals surface area contributed by atoms with E-state index in [1.807, 2.05) is 0 Å². The minimum absolute atomic E-state index is 0.847. The molecule has 1 nitrogen and oxygen atoms in total. The summed E-state index contributed by atoms with van der Waals surface area (Å²) >= 11 is 0. The first-order valence-corrected chi connectivity index (χ1v) is 8.08. The summed E-state index contributed by atoms with van der Waals surface area (Å²) in [4.78, 5) is 0. The van der Waals surface area contributed by atoms with E-state index < -0.39 is 0 Å². The predicted molar refractivity (Wildman–Crippen MR) is 75.2 cm³/mol. The van der Waals surface area contributed by atoms with Gasteiger partial charge in [-0.25, -0.2) is 0 Å². The van der Waals surface area contributed by atoms with Gasteiger partial charge in [0.15, 0.2) is 0 Å². The number of nitrogens with one attached hydrogen (secondary N) is 1. The summed E-state index contributed by atoms with van der Waals surface area (Å²) in [5, 5.41) is 3.83. The third kappa shape index (κ3) is 3.98. The van der Waals surface area contributed by atoms with Gasteiger partial charge in [0.25, 0.3) is 0 Å². The third-order valence-electron chi connectivity index (χ3n) is 4.87. The molecule has 0 saturated heterocycles. The van der Waals surface area contributed by atoms with Gasteiger partial charge in [-0.1, -0.05) is 39.5 Å². The molecular formula is C16H31N. The molecule has 17 heavy (non-hydrogen) atoms. The summed E-state index contributed by atoms with van der Waals surface area (Å²) < 4.78 is 0. The monoisotopic (exact) mass is 237 g/mol. The Labute approximate surface area is 108 Å². The van der Waals surface area contributed by atoms with E-state index in [1.165, 1.54) is 45.1 Å². The first kappa shape index (κ1) is 13.4. The van der Waals surface area contributed by atoms with Crippen molar-refractivity contribution in [1.29, 1.82) is 0 Å². The van der Waals surface area contributed by atoms with Crippen LogP contribution in [-0.2, 0) is 0 Å². The fourth-order valence-electron chi connectivity index (χ4n) is 3.72. The molecular weight excluding hydrogens is 206 g/mol. The second-order valence-corrected chi connectivity index (χ2v) is 6.40. The fourth-order valence-corrected chi connectivity index (χ4v) is 3.72. The van der Waals surface area contributed by atoms with Gasteiger partial charge in [0.1, 0.15) is 0 Å². The molecule has 3 atom stereocenters. The number of fused-ring (bicyclic) bond motifs is 1. The van der Waals surface area contributed by atoms with E-state index >= 15 is 0 Å². The lowest BCUT2D eigenvalue weighted by molar-refractivity contribution is 0.310. The molecule has 0 radical (unpaired) electrons. The van der Waals surface area contributed by atoms with Gasteiger partial charge in [0.2, 0.25) is 0 Å². The quantitative estimate of drug-likeness (QED) is 0.587. The van der Waals surface area contributed by atoms with E-state index in [2.05, 4.69) is 19.2 Å². The second-order valence-electron chi connectivity index (χ2n) is 6.40. The highest BCUT2D eigenvalue weighted by Crippen LogP contribution is 2.55. The largest absolute Gasteiger partial charge is 0.314 e. The zero-order valence-electron chi connectivity index (χ0n) is 11.9. The van der Waals surface area contributed by atoms with Crippen molar-refractivity contribution in [3.63, 3.8) is 0 Å². The maximum Gasteiger partial charge on any atom is 0.00955 e. The topological polar surface area (TPSA) is 12.0 Å². The van der Waals surface area contributed by atoms with Crippen LogP contribution < -0.4 is 5.32 Å². The molecule has 2 rings (SSSR count). The Morgan fingerprint density at radius 3 is 2.35 bits per heavy atom. The molecule has 100 valence electrons. The second kappa shape index (κ2) is 6.78. The maximum absolute atomic E-state index is 3.83. The van der Waals surface area contributed by atoms with Crippen LogP contribution >= 0.6 is 0 Å². The van der Waals surface area contributed by atoms with Gasteiger partial charge in [0, 0.05) is 6.04 Å². The molecule has 3 unspecified atom stereocenters. The van der Waals surface area contributed by atoms with Crippen LogP contribution in [0.1, 0.15) is 71.6 Å². The van der Waals surface area contributed by atoms with Crippen LogP contribution in [0.2, 0.25) is 0 Å². The summed E-state index contributed by atoms with van der Waals surface area (Å²) in [5.41, 5.74) is 0. The average molecular weight is 237 g/mol. The number of hydrogen-bond donors (Lipinski definition) is 1. The van der Waals surface area contributed by atoms with Crippen LogP contribution in [0.3, 0.4) is 0 Å². The lowest BCUT2D eigenvalue weighted by Gasteiger charge is -2.26. The predicted octanol–water partition coefficient (Wildman–Crippen LogP) is 4.37. The van der Waals surface area contributed by atoms with Crippen molar-refractivity contribution >= 4 is 0 Å². The smallest absolute Gasteiger partial charge is 0.00955 e. The van der Waals surface area contributed by atoms with Gasteiger partial charge in [0.05, 0.1) is 0 Å². The molecule has 2 aliphatic carbocycles. The van der Waals surface area contributed by atoms with E-state index in [1.54, 1.807) is 19.3 Å². The van der Waals surface area contributed by atoms with Gasteiger partial charge in [-0.05, 0) is 56.4 Å². The Balaban J connectivity index is 1.68. The molecule has 0 aromatic rings. The molecule has 0 amide bonds. The minimum Gasteiger partial charge on any atom is -0.314 e. The highest BCUT2D eigenvalue weighted by Gasteiger charge is 2.47. The number of rotatable bonds is 9. The minimum atomic E-state index is 0.847. The number of hydrogen-bond acceptors (Lipinski definition) is 1. The molecule has 2 saturated carbocycles. The molecule has 1 N–H and O–H groups in total. The molecule has 2 aliphatic rings. The van der Waals surface area contributed by atoms with Crippen molar-refractivity contribution in [2.24, 2.45) is 17.8 Å². The van der Waals surface area contributed by atoms with Crippen molar-refractivity contribution in [2.45, 2.75) is 77.7 Å². The molecule has 0 bridgehead atoms. The summed E-state index contributed by atoms with van der Waals surface area (Å²) in [7, 11) is 0. The standard InChI is InChI=1S/C16H31N/c1-3-5-6-7-8-16(17-9-4-2)15-11-13-10-14(13)12-15/h13-17H,3-12H2,1-2H3. The van der Waals surface area contributed by atoms with Crippen molar-refractivity contribution in [3.05, 3.63) is 0 Å². The van der Waals surface area contributed by atoms with E-state index in [0.29, 0.717) is 0 Å². The van der Waals surface area contributed by atoms with E-state index in [4.69, 9.17) is 0 Å². The zero-order chi connectivity index (χ0) is 12.1. The first-order valence-electron chi connectivity index (χ1n) is 8.08. The Morgan fingerprint density at radius 1 is 0.941 bits per heavy atom. The normalized spacial score (nSPS) is 32.5. The molecule has 0 aromatic carbocycles. The average Bonchev–Trinajstić information content (AvgIpc) is 2.95. The maximum atomic E-state index is 3.83. The molecule has 0 aromatic heterocycles. The van der Waals surface area contributed by atoms with Gasteiger partial charge >= 0.3 is 0 Å². The molecule has 2 fully saturated rings. The number of unbranched alkanes of at least 4 members (excludes halogenated alkanes) is 3. The van der Waals surface area contributed by atoms with Crippen LogP contribution in [-0.4, -0.2) is 12.6 Å². The van der Waals surface area contributed by atoms with Crippen LogP contribution in [0.15, 0.2) is 0 Å². The first-order chi connectivity index (χ1) is 8.35. The van der Waals surface area contributed by atoms with Crippen molar-refractivity contribution in [1.82, 2.24) is 5.32 Å². The van der Waals surface area contributed by atoms with Crippen molar-refractivity contribution < 1.29 is 0 Å². The Bertz CT molecular complexity index is 204. The molecule has 1 heteroatoms. The van der Waals surface area contributed by atoms with Crippen molar-refractivity contribution in [2.75, 3.05) is 6.54 Å². The molecule has 0 spiro atoms. The lowest BCUT2D eigenvalue weighted by atomic mass is 9.90. The highest BCUT2D eigenvalue weighted by molar-refractivity contribution is 4.99. The van der Waals surface area contributed by atoms with Gasteiger partial charge in [-0.3, -0.25) is 0 Å². The third-order valence-corrected chi connectivity index (χ3v) is 4.87. The van der Waals surface area contributed by atoms with E-state index in [-0.39, 0.29) is 0 Å². The van der Waals surface area contributed by atoms with Crippen LogP contribution in [0, 0.1) is 17.8 Å². The summed E-state index contributed by atoms with van der Waals surface area (Å²) in [6.45, 7) is 5.81. The summed E-state index contributed by atoms with van der Waals surface area (Å²) in [6.07, 6.45) is 13.0. The Morgan fingerprint density at radius 2 is 1.71 bits per heavy atom. The van der Waals surface area contributed by atoms with Gasteiger partial charge < -0.3 is 5.32 Å². The lowest BCUT2D eigenvalue weighted by Crippen LogP contribution is -2.36. The SMILES string of the molecule is CCCCCCC(NCCC)C1CC2CC2C1. The molecule has 0 aliphatic heterocycles. The van der Waals surface area contributed by atoms with Crippen LogP contribution in [0.4, 0.5) is 0 Å². The Hall–Kier alpha value is -0.0400. The van der Waals surface area contributed by atoms with Crippen LogP contribution in [0.25, 0.3) is 0 Å². The Kier molecular flexibility index (Phi) is 5.34. The highest BCUT2D eigenvalue weighted by atomic mass is 14.9. The van der Waals surface area contributed by atoms with E-state index in [0.717, 1.165) is 23.8 Å². The summed E-state index contributed by atoms with van der Waals surface area (Å²) in [5.74, 6) is 3.30. The van der Waals surface area contributed by atoms with E-state index in [9.17, 15) is 0 Å². The van der Waals surface area contributed by atoms with Gasteiger partial charge in [-0.2, -0.15) is 0 Å². The molecule has 0 heterocycles.